The van der Waals surface area contributed by atoms with Crippen LogP contribution in [0.5, 0.6) is 6.01 Å². The highest BCUT2D eigenvalue weighted by molar-refractivity contribution is 7.98. The van der Waals surface area contributed by atoms with E-state index < -0.39 is 0 Å². The van der Waals surface area contributed by atoms with Crippen molar-refractivity contribution in [2.24, 2.45) is 0 Å². The van der Waals surface area contributed by atoms with E-state index in [1.165, 1.54) is 18.9 Å². The lowest BCUT2D eigenvalue weighted by Crippen LogP contribution is -2.05. The Labute approximate surface area is 81.3 Å². The number of nitrogens with one attached hydrogen (secondary N) is 1. The van der Waals surface area contributed by atoms with Gasteiger partial charge in [-0.15, -0.1) is 0 Å². The van der Waals surface area contributed by atoms with Crippen LogP contribution in [0.15, 0.2) is 5.16 Å². The smallest absolute Gasteiger partial charge is 0.321 e. The van der Waals surface area contributed by atoms with Crippen molar-refractivity contribution < 1.29 is 4.74 Å². The Morgan fingerprint density at radius 1 is 1.38 bits per heavy atom. The minimum atomic E-state index is 0.343. The molecule has 72 valence electrons. The lowest BCUT2D eigenvalue weighted by Gasteiger charge is -2.04. The average molecular weight is 200 g/mol. The Balaban J connectivity index is 2.93. The number of rotatable bonds is 4. The topological polar surface area (TPSA) is 59.9 Å². The highest BCUT2D eigenvalue weighted by Gasteiger charge is 2.04. The lowest BCUT2D eigenvalue weighted by atomic mass is 10.7. The molecule has 1 rings (SSSR count). The first kappa shape index (κ1) is 10.0. The van der Waals surface area contributed by atoms with Crippen molar-refractivity contribution in [3.63, 3.8) is 0 Å². The maximum Gasteiger partial charge on any atom is 0.321 e. The van der Waals surface area contributed by atoms with Gasteiger partial charge in [0.25, 0.3) is 0 Å². The second-order valence-electron chi connectivity index (χ2n) is 2.16. The quantitative estimate of drug-likeness (QED) is 0.733. The molecule has 6 heteroatoms. The fourth-order valence-electron chi connectivity index (χ4n) is 0.758. The second kappa shape index (κ2) is 4.86. The molecule has 0 bridgehead atoms. The predicted octanol–water partition coefficient (Wildman–Crippen LogP) is 1.03. The molecule has 0 spiro atoms. The summed E-state index contributed by atoms with van der Waals surface area (Å²) < 4.78 is 4.93. The summed E-state index contributed by atoms with van der Waals surface area (Å²) in [6.07, 6.45) is 1.91. The maximum absolute atomic E-state index is 4.93. The predicted molar refractivity (Wildman–Crippen MR) is 52.3 cm³/mol. The van der Waals surface area contributed by atoms with Gasteiger partial charge in [-0.1, -0.05) is 11.8 Å². The van der Waals surface area contributed by atoms with Gasteiger partial charge in [0.1, 0.15) is 0 Å². The summed E-state index contributed by atoms with van der Waals surface area (Å²) in [4.78, 5) is 12.2. The highest BCUT2D eigenvalue weighted by atomic mass is 32.2. The van der Waals surface area contributed by atoms with Crippen molar-refractivity contribution in [3.8, 4) is 6.01 Å². The number of hydrogen-bond donors (Lipinski definition) is 1. The molecular formula is C7H12N4OS. The largest absolute Gasteiger partial charge is 0.467 e. The van der Waals surface area contributed by atoms with Crippen LogP contribution in [-0.2, 0) is 0 Å². The van der Waals surface area contributed by atoms with Crippen LogP contribution in [-0.4, -0.2) is 34.9 Å². The molecule has 1 N–H and O–H groups in total. The summed E-state index contributed by atoms with van der Waals surface area (Å²) in [7, 11) is 1.54. The van der Waals surface area contributed by atoms with Crippen molar-refractivity contribution in [1.29, 1.82) is 0 Å². The first-order valence-corrected chi connectivity index (χ1v) is 5.10. The lowest BCUT2D eigenvalue weighted by molar-refractivity contribution is 0.373. The number of methoxy groups -OCH3 is 1. The van der Waals surface area contributed by atoms with E-state index in [1.54, 1.807) is 0 Å². The summed E-state index contributed by atoms with van der Waals surface area (Å²) in [5.74, 6) is 0.554. The molecule has 0 unspecified atom stereocenters. The van der Waals surface area contributed by atoms with E-state index >= 15 is 0 Å². The van der Waals surface area contributed by atoms with Crippen LogP contribution in [0.25, 0.3) is 0 Å². The van der Waals surface area contributed by atoms with Gasteiger partial charge in [0, 0.05) is 6.54 Å². The van der Waals surface area contributed by atoms with E-state index in [0.29, 0.717) is 17.1 Å². The third kappa shape index (κ3) is 2.73. The molecule has 1 aromatic rings. The Kier molecular flexibility index (Phi) is 3.75. The van der Waals surface area contributed by atoms with Crippen LogP contribution in [0.1, 0.15) is 6.92 Å². The summed E-state index contributed by atoms with van der Waals surface area (Å²) in [5, 5.41) is 3.66. The first-order chi connectivity index (χ1) is 6.30. The molecule has 13 heavy (non-hydrogen) atoms. The van der Waals surface area contributed by atoms with Gasteiger partial charge in [0.05, 0.1) is 7.11 Å². The summed E-state index contributed by atoms with van der Waals surface area (Å²) in [6.45, 7) is 2.76. The maximum atomic E-state index is 4.93. The van der Waals surface area contributed by atoms with Gasteiger partial charge in [0.15, 0.2) is 5.16 Å². The molecule has 5 nitrogen and oxygen atoms in total. The third-order valence-corrected chi connectivity index (χ3v) is 1.84. The number of thioether (sulfide) groups is 1. The zero-order valence-electron chi connectivity index (χ0n) is 7.87. The molecule has 0 saturated carbocycles. The van der Waals surface area contributed by atoms with E-state index in [0.717, 1.165) is 6.54 Å². The van der Waals surface area contributed by atoms with Crippen LogP contribution in [0.4, 0.5) is 5.95 Å². The fraction of sp³-hybridized carbons (Fsp3) is 0.571. The van der Waals surface area contributed by atoms with Crippen LogP contribution in [0.3, 0.4) is 0 Å². The van der Waals surface area contributed by atoms with E-state index in [4.69, 9.17) is 4.74 Å². The van der Waals surface area contributed by atoms with Crippen molar-refractivity contribution >= 4 is 17.7 Å². The monoisotopic (exact) mass is 200 g/mol. The van der Waals surface area contributed by atoms with E-state index in [1.807, 2.05) is 13.2 Å². The number of nitrogens with zero attached hydrogens (tertiary/aromatic N) is 3. The summed E-state index contributed by atoms with van der Waals surface area (Å²) in [6, 6.07) is 0.343. The van der Waals surface area contributed by atoms with Gasteiger partial charge in [-0.25, -0.2) is 0 Å². The van der Waals surface area contributed by atoms with Crippen LogP contribution in [0.2, 0.25) is 0 Å². The standard InChI is InChI=1S/C7H12N4OS/c1-4-8-5-9-6(12-2)11-7(10-5)13-3/h4H2,1-3H3,(H,8,9,10,11). The van der Waals surface area contributed by atoms with Gasteiger partial charge >= 0.3 is 6.01 Å². The number of aromatic nitrogens is 3. The molecule has 0 atom stereocenters. The average Bonchev–Trinajstić information content (AvgIpc) is 2.17. The molecule has 0 saturated heterocycles. The second-order valence-corrected chi connectivity index (χ2v) is 2.94. The molecule has 0 aromatic carbocycles. The molecule has 1 aromatic heterocycles. The zero-order chi connectivity index (χ0) is 9.68. The van der Waals surface area contributed by atoms with Crippen molar-refractivity contribution in [2.45, 2.75) is 12.1 Å². The zero-order valence-corrected chi connectivity index (χ0v) is 8.68. The van der Waals surface area contributed by atoms with E-state index in [-0.39, 0.29) is 0 Å². The van der Waals surface area contributed by atoms with E-state index in [9.17, 15) is 0 Å². The molecule has 0 aliphatic carbocycles. The van der Waals surface area contributed by atoms with Crippen molar-refractivity contribution in [1.82, 2.24) is 15.0 Å². The van der Waals surface area contributed by atoms with Gasteiger partial charge in [-0.2, -0.15) is 15.0 Å². The third-order valence-electron chi connectivity index (χ3n) is 1.29. The Morgan fingerprint density at radius 2 is 2.15 bits per heavy atom. The molecule has 0 amide bonds. The van der Waals surface area contributed by atoms with Crippen molar-refractivity contribution in [2.75, 3.05) is 25.2 Å². The molecule has 1 heterocycles. The van der Waals surface area contributed by atoms with Gasteiger partial charge in [-0.05, 0) is 13.2 Å². The molecule has 0 fully saturated rings. The Bertz CT molecular complexity index is 259. The molecule has 0 aliphatic rings. The summed E-state index contributed by atoms with van der Waals surface area (Å²) in [5.41, 5.74) is 0. The van der Waals surface area contributed by atoms with E-state index in [2.05, 4.69) is 20.3 Å². The number of hydrogen-bond acceptors (Lipinski definition) is 6. The highest BCUT2D eigenvalue weighted by Crippen LogP contribution is 2.13. The van der Waals surface area contributed by atoms with Crippen LogP contribution < -0.4 is 10.1 Å². The normalized spacial score (nSPS) is 9.77. The molecular weight excluding hydrogens is 188 g/mol. The van der Waals surface area contributed by atoms with Crippen molar-refractivity contribution in [3.05, 3.63) is 0 Å². The SMILES string of the molecule is CCNc1nc(OC)nc(SC)n1. The minimum Gasteiger partial charge on any atom is -0.467 e. The number of ether oxygens (including phenoxy) is 1. The molecule has 0 aliphatic heterocycles. The molecule has 0 radical (unpaired) electrons. The van der Waals surface area contributed by atoms with Gasteiger partial charge < -0.3 is 10.1 Å². The van der Waals surface area contributed by atoms with Crippen LogP contribution >= 0.6 is 11.8 Å². The van der Waals surface area contributed by atoms with Gasteiger partial charge in [0.2, 0.25) is 5.95 Å². The summed E-state index contributed by atoms with van der Waals surface area (Å²) >= 11 is 1.46. The Morgan fingerprint density at radius 3 is 2.69 bits per heavy atom. The van der Waals surface area contributed by atoms with Crippen LogP contribution in [0, 0.1) is 0 Å². The fourth-order valence-corrected chi connectivity index (χ4v) is 1.10. The Hall–Kier alpha value is -1.04. The first-order valence-electron chi connectivity index (χ1n) is 3.88. The number of anilines is 1. The minimum absolute atomic E-state index is 0.343. The van der Waals surface area contributed by atoms with Gasteiger partial charge in [-0.3, -0.25) is 0 Å².